The fourth-order valence-electron chi connectivity index (χ4n) is 1.50. The van der Waals surface area contributed by atoms with Crippen LogP contribution in [0.3, 0.4) is 0 Å². The minimum atomic E-state index is -0.726. The fourth-order valence-corrected chi connectivity index (χ4v) is 1.50. The van der Waals surface area contributed by atoms with Crippen molar-refractivity contribution < 1.29 is 4.79 Å². The summed E-state index contributed by atoms with van der Waals surface area (Å²) >= 11 is 0. The molecule has 0 aliphatic rings. The molecule has 0 radical (unpaired) electrons. The van der Waals surface area contributed by atoms with E-state index in [0.717, 1.165) is 12.8 Å². The maximum Gasteiger partial charge on any atom is 0.242 e. The zero-order valence-corrected chi connectivity index (χ0v) is 10.2. The average Bonchev–Trinajstić information content (AvgIpc) is 2.74. The third-order valence-corrected chi connectivity index (χ3v) is 2.46. The van der Waals surface area contributed by atoms with Crippen molar-refractivity contribution in [2.45, 2.75) is 31.8 Å². The molecule has 5 nitrogen and oxygen atoms in total. The summed E-state index contributed by atoms with van der Waals surface area (Å²) in [5.74, 6) is 2.27. The van der Waals surface area contributed by atoms with Gasteiger partial charge in [0.05, 0.1) is 12.2 Å². The van der Waals surface area contributed by atoms with Crippen LogP contribution in [0.1, 0.15) is 31.4 Å². The molecule has 2 unspecified atom stereocenters. The van der Waals surface area contributed by atoms with Gasteiger partial charge in [-0.2, -0.15) is 5.10 Å². The van der Waals surface area contributed by atoms with Crippen LogP contribution in [0.5, 0.6) is 0 Å². The molecule has 0 bridgehead atoms. The molecule has 17 heavy (non-hydrogen) atoms. The quantitative estimate of drug-likeness (QED) is 0.721. The molecule has 92 valence electrons. The molecule has 2 atom stereocenters. The molecule has 0 aliphatic heterocycles. The van der Waals surface area contributed by atoms with E-state index in [1.807, 2.05) is 6.92 Å². The van der Waals surface area contributed by atoms with Crippen LogP contribution in [-0.4, -0.2) is 21.7 Å². The molecule has 1 aromatic heterocycles. The van der Waals surface area contributed by atoms with Crippen molar-refractivity contribution in [2.75, 3.05) is 0 Å². The van der Waals surface area contributed by atoms with Gasteiger partial charge in [0.15, 0.2) is 0 Å². The Hall–Kier alpha value is -1.80. The molecule has 0 saturated heterocycles. The molecular weight excluding hydrogens is 216 g/mol. The van der Waals surface area contributed by atoms with E-state index in [0.29, 0.717) is 5.56 Å². The Balaban J connectivity index is 2.61. The highest BCUT2D eigenvalue weighted by Gasteiger charge is 2.19. The molecule has 0 spiro atoms. The summed E-state index contributed by atoms with van der Waals surface area (Å²) in [4.78, 5) is 11.8. The lowest BCUT2D eigenvalue weighted by Crippen LogP contribution is -2.40. The van der Waals surface area contributed by atoms with Crippen LogP contribution in [0.15, 0.2) is 12.4 Å². The number of nitrogens with two attached hydrogens (primary N) is 1. The number of hydrogen-bond donors (Lipinski definition) is 2. The normalized spacial score (nSPS) is 13.8. The van der Waals surface area contributed by atoms with Gasteiger partial charge in [-0.25, -0.2) is 0 Å². The summed E-state index contributed by atoms with van der Waals surface area (Å²) in [6.45, 7) is 2.01. The molecule has 1 amide bonds. The fraction of sp³-hybridized carbons (Fsp3) is 0.500. The minimum Gasteiger partial charge on any atom is -0.341 e. The third-order valence-electron chi connectivity index (χ3n) is 2.46. The van der Waals surface area contributed by atoms with Gasteiger partial charge in [0.1, 0.15) is 6.04 Å². The number of aryl methyl sites for hydroxylation is 1. The van der Waals surface area contributed by atoms with Crippen LogP contribution in [-0.2, 0) is 11.8 Å². The number of rotatable bonds is 5. The van der Waals surface area contributed by atoms with Crippen molar-refractivity contribution >= 4 is 5.91 Å². The maximum absolute atomic E-state index is 11.8. The largest absolute Gasteiger partial charge is 0.341 e. The average molecular weight is 234 g/mol. The van der Waals surface area contributed by atoms with E-state index in [4.69, 9.17) is 12.2 Å². The molecular formula is C12H18N4O. The van der Waals surface area contributed by atoms with E-state index in [-0.39, 0.29) is 11.9 Å². The second-order valence-electron chi connectivity index (χ2n) is 3.94. The summed E-state index contributed by atoms with van der Waals surface area (Å²) in [6.07, 6.45) is 10.3. The molecule has 1 heterocycles. The lowest BCUT2D eigenvalue weighted by atomic mass is 10.1. The van der Waals surface area contributed by atoms with E-state index in [9.17, 15) is 4.79 Å². The number of hydrogen-bond acceptors (Lipinski definition) is 3. The topological polar surface area (TPSA) is 72.9 Å². The molecule has 0 aromatic carbocycles. The van der Waals surface area contributed by atoms with Gasteiger partial charge in [-0.1, -0.05) is 19.3 Å². The van der Waals surface area contributed by atoms with Crippen LogP contribution in [0.25, 0.3) is 0 Å². The Kier molecular flexibility index (Phi) is 4.73. The van der Waals surface area contributed by atoms with Gasteiger partial charge in [-0.15, -0.1) is 6.42 Å². The van der Waals surface area contributed by atoms with Crippen molar-refractivity contribution in [3.05, 3.63) is 18.0 Å². The van der Waals surface area contributed by atoms with Crippen molar-refractivity contribution in [1.29, 1.82) is 0 Å². The van der Waals surface area contributed by atoms with Crippen LogP contribution in [0, 0.1) is 12.3 Å². The first-order chi connectivity index (χ1) is 8.08. The van der Waals surface area contributed by atoms with Crippen LogP contribution < -0.4 is 11.1 Å². The van der Waals surface area contributed by atoms with Crippen molar-refractivity contribution in [2.24, 2.45) is 12.8 Å². The molecule has 3 N–H and O–H groups in total. The number of nitrogens with zero attached hydrogens (tertiary/aromatic N) is 2. The Morgan fingerprint density at radius 3 is 2.94 bits per heavy atom. The number of terminal acetylenes is 1. The van der Waals surface area contributed by atoms with Crippen LogP contribution in [0.4, 0.5) is 0 Å². The Labute approximate surface area is 101 Å². The lowest BCUT2D eigenvalue weighted by Gasteiger charge is -2.15. The predicted octanol–water partition coefficient (Wildman–Crippen LogP) is 0.338. The van der Waals surface area contributed by atoms with Gasteiger partial charge >= 0.3 is 0 Å². The molecule has 0 saturated carbocycles. The van der Waals surface area contributed by atoms with E-state index < -0.39 is 6.04 Å². The summed E-state index contributed by atoms with van der Waals surface area (Å²) in [7, 11) is 1.77. The van der Waals surface area contributed by atoms with E-state index in [1.165, 1.54) is 0 Å². The van der Waals surface area contributed by atoms with Gasteiger partial charge in [0.2, 0.25) is 5.91 Å². The lowest BCUT2D eigenvalue weighted by molar-refractivity contribution is -0.122. The zero-order valence-electron chi connectivity index (χ0n) is 10.2. The monoisotopic (exact) mass is 234 g/mol. The van der Waals surface area contributed by atoms with E-state index >= 15 is 0 Å². The van der Waals surface area contributed by atoms with Crippen molar-refractivity contribution in [1.82, 2.24) is 15.1 Å². The van der Waals surface area contributed by atoms with Crippen LogP contribution in [0.2, 0.25) is 0 Å². The smallest absolute Gasteiger partial charge is 0.242 e. The highest BCUT2D eigenvalue weighted by Crippen LogP contribution is 2.09. The van der Waals surface area contributed by atoms with Crippen molar-refractivity contribution in [3.8, 4) is 12.3 Å². The number of carbonyl (C=O) groups excluding carboxylic acids is 1. The maximum atomic E-state index is 11.8. The van der Waals surface area contributed by atoms with E-state index in [1.54, 1.807) is 24.1 Å². The second kappa shape index (κ2) is 6.06. The van der Waals surface area contributed by atoms with Crippen LogP contribution >= 0.6 is 0 Å². The minimum absolute atomic E-state index is 0.254. The molecule has 1 aromatic rings. The number of nitrogens with one attached hydrogen (secondary N) is 1. The summed E-state index contributed by atoms with van der Waals surface area (Å²) < 4.78 is 1.60. The molecule has 5 heteroatoms. The SMILES string of the molecule is C#CC(CCC)NC(=O)C(N)c1cnn(C)c1. The summed E-state index contributed by atoms with van der Waals surface area (Å²) in [6, 6.07) is -0.980. The summed E-state index contributed by atoms with van der Waals surface area (Å²) in [5.41, 5.74) is 6.50. The molecule has 0 fully saturated rings. The zero-order chi connectivity index (χ0) is 12.8. The highest BCUT2D eigenvalue weighted by molar-refractivity contribution is 5.83. The van der Waals surface area contributed by atoms with Gasteiger partial charge < -0.3 is 11.1 Å². The predicted molar refractivity (Wildman–Crippen MR) is 65.8 cm³/mol. The van der Waals surface area contributed by atoms with E-state index in [2.05, 4.69) is 16.3 Å². The third kappa shape index (κ3) is 3.61. The number of carbonyl (C=O) groups is 1. The summed E-state index contributed by atoms with van der Waals surface area (Å²) in [5, 5.41) is 6.71. The number of amides is 1. The van der Waals surface area contributed by atoms with Gasteiger partial charge in [0.25, 0.3) is 0 Å². The Morgan fingerprint density at radius 2 is 2.47 bits per heavy atom. The molecule has 0 aliphatic carbocycles. The molecule has 1 rings (SSSR count). The standard InChI is InChI=1S/C12H18N4O/c1-4-6-10(5-2)15-12(17)11(13)9-7-14-16(3)8-9/h2,7-8,10-11H,4,6,13H2,1,3H3,(H,15,17). The first-order valence-corrected chi connectivity index (χ1v) is 5.59. The Bertz CT molecular complexity index is 418. The second-order valence-corrected chi connectivity index (χ2v) is 3.94. The van der Waals surface area contributed by atoms with Gasteiger partial charge in [0, 0.05) is 18.8 Å². The van der Waals surface area contributed by atoms with Crippen molar-refractivity contribution in [3.63, 3.8) is 0 Å². The first-order valence-electron chi connectivity index (χ1n) is 5.59. The van der Waals surface area contributed by atoms with Gasteiger partial charge in [-0.3, -0.25) is 9.48 Å². The Morgan fingerprint density at radius 1 is 1.76 bits per heavy atom. The van der Waals surface area contributed by atoms with Gasteiger partial charge in [-0.05, 0) is 6.42 Å². The first kappa shape index (κ1) is 13.3. The number of aromatic nitrogens is 2. The highest BCUT2D eigenvalue weighted by atomic mass is 16.2.